The van der Waals surface area contributed by atoms with Crippen LogP contribution in [0, 0.1) is 6.92 Å². The molecule has 12 heteroatoms. The molecule has 0 aliphatic carbocycles. The highest BCUT2D eigenvalue weighted by Gasteiger charge is 2.02. The number of nitrogens with zero attached hydrogens (tertiary/aromatic N) is 6. The summed E-state index contributed by atoms with van der Waals surface area (Å²) in [5.74, 6) is 0.276. The largest absolute Gasteiger partial charge is 0.490 e. The van der Waals surface area contributed by atoms with Gasteiger partial charge in [0.15, 0.2) is 0 Å². The lowest BCUT2D eigenvalue weighted by atomic mass is 10.2. The number of rotatable bonds is 16. The van der Waals surface area contributed by atoms with E-state index in [4.69, 9.17) is 18.9 Å². The molecule has 0 N–H and O–H groups in total. The van der Waals surface area contributed by atoms with E-state index < -0.39 is 11.9 Å². The van der Waals surface area contributed by atoms with Gasteiger partial charge in [0, 0.05) is 12.2 Å². The van der Waals surface area contributed by atoms with Gasteiger partial charge in [0.1, 0.15) is 37.9 Å². The summed E-state index contributed by atoms with van der Waals surface area (Å²) in [6, 6.07) is 26.9. The Balaban J connectivity index is 1.24. The van der Waals surface area contributed by atoms with E-state index in [2.05, 4.69) is 43.8 Å². The number of ether oxygens (including phenoxy) is 4. The van der Waals surface area contributed by atoms with Gasteiger partial charge in [0.25, 0.3) is 0 Å². The number of hydrogen-bond acceptors (Lipinski definition) is 12. The summed E-state index contributed by atoms with van der Waals surface area (Å²) in [5.41, 5.74) is 4.91. The zero-order chi connectivity index (χ0) is 33.3. The molecule has 0 amide bonds. The lowest BCUT2D eigenvalue weighted by Crippen LogP contribution is -2.09. The average molecular weight is 633 g/mol. The van der Waals surface area contributed by atoms with Crippen LogP contribution in [0.1, 0.15) is 5.56 Å². The maximum absolute atomic E-state index is 11.1. The van der Waals surface area contributed by atoms with Crippen molar-refractivity contribution in [2.24, 2.45) is 30.7 Å². The first-order chi connectivity index (χ1) is 22.9. The van der Waals surface area contributed by atoms with E-state index in [1.54, 1.807) is 72.8 Å². The Labute approximate surface area is 271 Å². The average Bonchev–Trinajstić information content (AvgIpc) is 3.11. The molecule has 0 aliphatic rings. The summed E-state index contributed by atoms with van der Waals surface area (Å²) in [6.07, 6.45) is 2.21. The summed E-state index contributed by atoms with van der Waals surface area (Å²) >= 11 is 0. The second-order valence-electron chi connectivity index (χ2n) is 9.52. The predicted molar refractivity (Wildman–Crippen MR) is 176 cm³/mol. The molecule has 0 fully saturated rings. The fourth-order valence-electron chi connectivity index (χ4n) is 3.68. The van der Waals surface area contributed by atoms with Gasteiger partial charge >= 0.3 is 11.9 Å². The van der Waals surface area contributed by atoms with Crippen molar-refractivity contribution in [3.8, 4) is 11.5 Å². The van der Waals surface area contributed by atoms with Gasteiger partial charge in [0.2, 0.25) is 0 Å². The SMILES string of the molecule is C=CC(=O)OCCOc1ccc(/N=N/c2ccc(/N=N/c3ccc(/N=N/c4ccc(OCCOC(=O)C=C)cc4)cc3C)cc2)cc1. The van der Waals surface area contributed by atoms with Crippen molar-refractivity contribution in [3.63, 3.8) is 0 Å². The first-order valence-electron chi connectivity index (χ1n) is 14.4. The van der Waals surface area contributed by atoms with Crippen LogP contribution in [0.4, 0.5) is 34.1 Å². The molecule has 0 radical (unpaired) electrons. The molecule has 12 nitrogen and oxygen atoms in total. The highest BCUT2D eigenvalue weighted by Crippen LogP contribution is 2.29. The molecule has 0 aromatic heterocycles. The maximum atomic E-state index is 11.1. The van der Waals surface area contributed by atoms with Crippen LogP contribution in [0.2, 0.25) is 0 Å². The second kappa shape index (κ2) is 17.9. The molecule has 4 rings (SSSR count). The van der Waals surface area contributed by atoms with Crippen molar-refractivity contribution in [2.45, 2.75) is 6.92 Å². The van der Waals surface area contributed by atoms with Gasteiger partial charge < -0.3 is 18.9 Å². The molecular formula is C35H32N6O6. The Morgan fingerprint density at radius 2 is 0.894 bits per heavy atom. The smallest absolute Gasteiger partial charge is 0.330 e. The summed E-state index contributed by atoms with van der Waals surface area (Å²) in [4.78, 5) is 22.1. The predicted octanol–water partition coefficient (Wildman–Crippen LogP) is 9.46. The minimum Gasteiger partial charge on any atom is -0.490 e. The van der Waals surface area contributed by atoms with Crippen LogP contribution in [0.5, 0.6) is 11.5 Å². The number of hydrogen-bond donors (Lipinski definition) is 0. The summed E-state index contributed by atoms with van der Waals surface area (Å²) in [6.45, 7) is 9.34. The molecular weight excluding hydrogens is 600 g/mol. The monoisotopic (exact) mass is 632 g/mol. The summed E-state index contributed by atoms with van der Waals surface area (Å²) in [7, 11) is 0. The molecule has 4 aromatic carbocycles. The topological polar surface area (TPSA) is 145 Å². The van der Waals surface area contributed by atoms with Crippen molar-refractivity contribution in [2.75, 3.05) is 26.4 Å². The molecule has 0 spiro atoms. The third kappa shape index (κ3) is 11.6. The molecule has 0 heterocycles. The first kappa shape index (κ1) is 33.6. The van der Waals surface area contributed by atoms with E-state index in [-0.39, 0.29) is 26.4 Å². The Morgan fingerprint density at radius 1 is 0.532 bits per heavy atom. The third-order valence-corrected chi connectivity index (χ3v) is 6.06. The zero-order valence-electron chi connectivity index (χ0n) is 25.7. The van der Waals surface area contributed by atoms with E-state index in [1.807, 2.05) is 25.1 Å². The van der Waals surface area contributed by atoms with Gasteiger partial charge in [-0.25, -0.2) is 9.59 Å². The van der Waals surface area contributed by atoms with E-state index in [9.17, 15) is 9.59 Å². The fraction of sp³-hybridized carbons (Fsp3) is 0.143. The molecule has 0 saturated carbocycles. The minimum absolute atomic E-state index is 0.136. The van der Waals surface area contributed by atoms with Crippen molar-refractivity contribution >= 4 is 46.1 Å². The fourth-order valence-corrected chi connectivity index (χ4v) is 3.68. The Bertz CT molecular complexity index is 1750. The molecule has 0 saturated heterocycles. The van der Waals surface area contributed by atoms with E-state index >= 15 is 0 Å². The maximum Gasteiger partial charge on any atom is 0.330 e. The van der Waals surface area contributed by atoms with Crippen LogP contribution in [-0.2, 0) is 19.1 Å². The molecule has 0 bridgehead atoms. The Hall–Kier alpha value is -6.30. The van der Waals surface area contributed by atoms with Crippen LogP contribution in [0.25, 0.3) is 0 Å². The number of aryl methyl sites for hydroxylation is 1. The molecule has 238 valence electrons. The van der Waals surface area contributed by atoms with Gasteiger partial charge in [-0.1, -0.05) is 13.2 Å². The van der Waals surface area contributed by atoms with Crippen molar-refractivity contribution in [1.29, 1.82) is 0 Å². The van der Waals surface area contributed by atoms with Gasteiger partial charge in [-0.05, 0) is 103 Å². The minimum atomic E-state index is -0.487. The van der Waals surface area contributed by atoms with Crippen LogP contribution in [0.15, 0.2) is 147 Å². The van der Waals surface area contributed by atoms with Gasteiger partial charge in [-0.15, -0.1) is 0 Å². The number of carbonyl (C=O) groups excluding carboxylic acids is 2. The van der Waals surface area contributed by atoms with Gasteiger partial charge in [-0.3, -0.25) is 0 Å². The van der Waals surface area contributed by atoms with E-state index in [0.717, 1.165) is 17.7 Å². The first-order valence-corrected chi connectivity index (χ1v) is 14.4. The zero-order valence-corrected chi connectivity index (χ0v) is 25.7. The van der Waals surface area contributed by atoms with E-state index in [1.165, 1.54) is 0 Å². The van der Waals surface area contributed by atoms with Gasteiger partial charge in [-0.2, -0.15) is 30.7 Å². The van der Waals surface area contributed by atoms with Crippen molar-refractivity contribution in [1.82, 2.24) is 0 Å². The molecule has 0 atom stereocenters. The Morgan fingerprint density at radius 3 is 1.30 bits per heavy atom. The van der Waals surface area contributed by atoms with Crippen LogP contribution < -0.4 is 9.47 Å². The number of carbonyl (C=O) groups is 2. The van der Waals surface area contributed by atoms with Gasteiger partial charge in [0.05, 0.1) is 34.1 Å². The number of azo groups is 3. The normalized spacial score (nSPS) is 11.1. The van der Waals surface area contributed by atoms with E-state index in [0.29, 0.717) is 45.6 Å². The second-order valence-corrected chi connectivity index (χ2v) is 9.52. The summed E-state index contributed by atoms with van der Waals surface area (Å²) < 4.78 is 20.8. The van der Waals surface area contributed by atoms with Crippen LogP contribution >= 0.6 is 0 Å². The standard InChI is InChI=1S/C35H32N6O6/c1-4-34(42)46-22-20-44-31-15-10-28(11-16-31)37-36-26-6-8-27(9-7-26)39-41-33-19-14-30(24-25(33)3)40-38-29-12-17-32(18-13-29)45-21-23-47-35(43)5-2/h4-19,24H,1-2,20-23H2,3H3/b37-36+,40-38+,41-39+. The van der Waals surface area contributed by atoms with Crippen molar-refractivity contribution < 1.29 is 28.5 Å². The molecule has 47 heavy (non-hydrogen) atoms. The highest BCUT2D eigenvalue weighted by atomic mass is 16.6. The molecule has 0 aliphatic heterocycles. The van der Waals surface area contributed by atoms with Crippen LogP contribution in [0.3, 0.4) is 0 Å². The number of benzene rings is 4. The number of esters is 2. The lowest BCUT2D eigenvalue weighted by molar-refractivity contribution is -0.139. The molecule has 4 aromatic rings. The summed E-state index contributed by atoms with van der Waals surface area (Å²) in [5, 5.41) is 25.8. The third-order valence-electron chi connectivity index (χ3n) is 6.06. The quantitative estimate of drug-likeness (QED) is 0.0520. The molecule has 0 unspecified atom stereocenters. The Kier molecular flexibility index (Phi) is 12.8. The van der Waals surface area contributed by atoms with Crippen LogP contribution in [-0.4, -0.2) is 38.4 Å². The highest BCUT2D eigenvalue weighted by molar-refractivity contribution is 5.81. The van der Waals surface area contributed by atoms with Crippen molar-refractivity contribution in [3.05, 3.63) is 122 Å². The lowest BCUT2D eigenvalue weighted by Gasteiger charge is -2.06.